The van der Waals surface area contributed by atoms with Crippen molar-refractivity contribution in [2.45, 2.75) is 39.2 Å². The lowest BCUT2D eigenvalue weighted by Crippen LogP contribution is -2.37. The maximum atomic E-state index is 12.6. The highest BCUT2D eigenvalue weighted by molar-refractivity contribution is 5.93. The first kappa shape index (κ1) is 17.2. The molecule has 0 atom stereocenters. The van der Waals surface area contributed by atoms with Crippen molar-refractivity contribution in [1.29, 1.82) is 0 Å². The van der Waals surface area contributed by atoms with Crippen LogP contribution < -0.4 is 5.73 Å². The van der Waals surface area contributed by atoms with Gasteiger partial charge in [0.25, 0.3) is 0 Å². The van der Waals surface area contributed by atoms with Crippen LogP contribution in [0.25, 0.3) is 0 Å². The van der Waals surface area contributed by atoms with E-state index in [0.29, 0.717) is 31.0 Å². The van der Waals surface area contributed by atoms with Crippen LogP contribution in [-0.2, 0) is 24.2 Å². The van der Waals surface area contributed by atoms with E-state index >= 15 is 0 Å². The lowest BCUT2D eigenvalue weighted by atomic mass is 9.96. The molecule has 0 radical (unpaired) electrons. The molecule has 2 N–H and O–H groups in total. The summed E-state index contributed by atoms with van der Waals surface area (Å²) in [5, 5.41) is 0. The fraction of sp³-hybridized carbons (Fsp3) is 0.333. The van der Waals surface area contributed by atoms with Crippen LogP contribution in [0.4, 0.5) is 0 Å². The molecular formula is C21H24N2O2. The number of carbonyl (C=O) groups is 2. The number of nitrogens with zero attached hydrogens (tertiary/aromatic N) is 1. The number of nitrogens with two attached hydrogens (primary N) is 1. The van der Waals surface area contributed by atoms with Crippen molar-refractivity contribution in [3.05, 3.63) is 70.3 Å². The Kier molecular flexibility index (Phi) is 4.88. The van der Waals surface area contributed by atoms with Gasteiger partial charge in [0.15, 0.2) is 0 Å². The molecule has 0 fully saturated rings. The lowest BCUT2D eigenvalue weighted by molar-refractivity contribution is -0.131. The maximum Gasteiger partial charge on any atom is 0.248 e. The molecule has 2 aromatic rings. The number of primary amides is 1. The predicted octanol–water partition coefficient (Wildman–Crippen LogP) is 3.04. The van der Waals surface area contributed by atoms with E-state index in [1.54, 1.807) is 6.07 Å². The first-order valence-electron chi connectivity index (χ1n) is 8.72. The minimum Gasteiger partial charge on any atom is -0.366 e. The van der Waals surface area contributed by atoms with Gasteiger partial charge >= 0.3 is 0 Å². The van der Waals surface area contributed by atoms with Crippen LogP contribution in [0.5, 0.6) is 0 Å². The van der Waals surface area contributed by atoms with Crippen LogP contribution in [0.2, 0.25) is 0 Å². The Morgan fingerprint density at radius 3 is 2.44 bits per heavy atom. The Balaban J connectivity index is 1.67. The fourth-order valence-electron chi connectivity index (χ4n) is 3.23. The summed E-state index contributed by atoms with van der Waals surface area (Å²) in [6, 6.07) is 13.8. The molecule has 4 nitrogen and oxygen atoms in total. The highest BCUT2D eigenvalue weighted by atomic mass is 16.2. The van der Waals surface area contributed by atoms with Crippen molar-refractivity contribution in [3.8, 4) is 0 Å². The molecular weight excluding hydrogens is 312 g/mol. The van der Waals surface area contributed by atoms with Crippen LogP contribution >= 0.6 is 0 Å². The van der Waals surface area contributed by atoms with Gasteiger partial charge in [0.2, 0.25) is 11.8 Å². The summed E-state index contributed by atoms with van der Waals surface area (Å²) >= 11 is 0. The van der Waals surface area contributed by atoms with Crippen LogP contribution in [0.3, 0.4) is 0 Å². The summed E-state index contributed by atoms with van der Waals surface area (Å²) in [6.07, 6.45) is 1.18. The predicted molar refractivity (Wildman–Crippen MR) is 98.3 cm³/mol. The topological polar surface area (TPSA) is 63.4 Å². The average molecular weight is 336 g/mol. The van der Waals surface area contributed by atoms with Crippen LogP contribution in [0, 0.1) is 0 Å². The molecule has 1 heterocycles. The van der Waals surface area contributed by atoms with E-state index in [-0.39, 0.29) is 5.91 Å². The van der Waals surface area contributed by atoms with Gasteiger partial charge in [-0.3, -0.25) is 9.59 Å². The van der Waals surface area contributed by atoms with Gasteiger partial charge in [0.1, 0.15) is 0 Å². The normalized spacial score (nSPS) is 13.6. The van der Waals surface area contributed by atoms with E-state index in [1.165, 1.54) is 5.56 Å². The average Bonchev–Trinajstić information content (AvgIpc) is 2.61. The van der Waals surface area contributed by atoms with Gasteiger partial charge in [-0.05, 0) is 46.7 Å². The summed E-state index contributed by atoms with van der Waals surface area (Å²) in [4.78, 5) is 25.8. The minimum absolute atomic E-state index is 0.141. The van der Waals surface area contributed by atoms with E-state index in [2.05, 4.69) is 26.0 Å². The molecule has 25 heavy (non-hydrogen) atoms. The van der Waals surface area contributed by atoms with E-state index in [0.717, 1.165) is 23.1 Å². The van der Waals surface area contributed by atoms with Crippen molar-refractivity contribution >= 4 is 11.8 Å². The molecule has 0 saturated heterocycles. The monoisotopic (exact) mass is 336 g/mol. The van der Waals surface area contributed by atoms with Gasteiger partial charge in [-0.25, -0.2) is 0 Å². The number of benzene rings is 2. The minimum atomic E-state index is -0.411. The number of rotatable bonds is 4. The second-order valence-corrected chi connectivity index (χ2v) is 6.99. The van der Waals surface area contributed by atoms with E-state index in [9.17, 15) is 9.59 Å². The highest BCUT2D eigenvalue weighted by Crippen LogP contribution is 2.21. The van der Waals surface area contributed by atoms with Crippen LogP contribution in [0.1, 0.15) is 52.4 Å². The zero-order valence-electron chi connectivity index (χ0n) is 14.8. The summed E-state index contributed by atoms with van der Waals surface area (Å²) in [5.74, 6) is 0.224. The van der Waals surface area contributed by atoms with E-state index < -0.39 is 5.91 Å². The van der Waals surface area contributed by atoms with Gasteiger partial charge in [0.05, 0.1) is 6.42 Å². The Morgan fingerprint density at radius 2 is 1.80 bits per heavy atom. The Hall–Kier alpha value is -2.62. The highest BCUT2D eigenvalue weighted by Gasteiger charge is 2.21. The van der Waals surface area contributed by atoms with Gasteiger partial charge in [0, 0.05) is 18.7 Å². The quantitative estimate of drug-likeness (QED) is 0.933. The van der Waals surface area contributed by atoms with E-state index in [1.807, 2.05) is 29.2 Å². The SMILES string of the molecule is CC(C)c1ccc(CC(=O)N2CCc3cc(C(N)=O)ccc3C2)cc1. The van der Waals surface area contributed by atoms with Crippen molar-refractivity contribution in [2.75, 3.05) is 6.54 Å². The van der Waals surface area contributed by atoms with Crippen molar-refractivity contribution < 1.29 is 9.59 Å². The first-order chi connectivity index (χ1) is 11.9. The Labute approximate surface area is 148 Å². The van der Waals surface area contributed by atoms with Gasteiger partial charge < -0.3 is 10.6 Å². The number of amides is 2. The Morgan fingerprint density at radius 1 is 1.08 bits per heavy atom. The number of fused-ring (bicyclic) bond motifs is 1. The number of carbonyl (C=O) groups excluding carboxylic acids is 2. The molecule has 0 bridgehead atoms. The van der Waals surface area contributed by atoms with Crippen molar-refractivity contribution in [3.63, 3.8) is 0 Å². The van der Waals surface area contributed by atoms with Crippen molar-refractivity contribution in [2.24, 2.45) is 5.73 Å². The molecule has 4 heteroatoms. The fourth-order valence-corrected chi connectivity index (χ4v) is 3.23. The van der Waals surface area contributed by atoms with Crippen LogP contribution in [0.15, 0.2) is 42.5 Å². The molecule has 0 aliphatic carbocycles. The number of hydrogen-bond acceptors (Lipinski definition) is 2. The zero-order chi connectivity index (χ0) is 18.0. The lowest BCUT2D eigenvalue weighted by Gasteiger charge is -2.29. The molecule has 130 valence electrons. The second kappa shape index (κ2) is 7.09. The molecule has 3 rings (SSSR count). The summed E-state index contributed by atoms with van der Waals surface area (Å²) < 4.78 is 0. The third-order valence-electron chi connectivity index (χ3n) is 4.86. The molecule has 2 amide bonds. The summed E-state index contributed by atoms with van der Waals surface area (Å²) in [7, 11) is 0. The third-order valence-corrected chi connectivity index (χ3v) is 4.86. The number of hydrogen-bond donors (Lipinski definition) is 1. The molecule has 0 spiro atoms. The molecule has 2 aromatic carbocycles. The molecule has 1 aliphatic heterocycles. The summed E-state index contributed by atoms with van der Waals surface area (Å²) in [6.45, 7) is 5.60. The van der Waals surface area contributed by atoms with Gasteiger partial charge in [-0.15, -0.1) is 0 Å². The third kappa shape index (κ3) is 3.90. The Bertz CT molecular complexity index is 794. The molecule has 0 unspecified atom stereocenters. The van der Waals surface area contributed by atoms with E-state index in [4.69, 9.17) is 5.73 Å². The first-order valence-corrected chi connectivity index (χ1v) is 8.72. The summed E-state index contributed by atoms with van der Waals surface area (Å²) in [5.41, 5.74) is 10.4. The standard InChI is InChI=1S/C21H24N2O2/c1-14(2)16-5-3-15(4-6-16)11-20(24)23-10-9-17-12-18(21(22)25)7-8-19(17)13-23/h3-8,12,14H,9-11,13H2,1-2H3,(H2,22,25). The second-order valence-electron chi connectivity index (χ2n) is 6.99. The molecule has 0 aromatic heterocycles. The van der Waals surface area contributed by atoms with Crippen LogP contribution in [-0.4, -0.2) is 23.3 Å². The van der Waals surface area contributed by atoms with Gasteiger partial charge in [-0.2, -0.15) is 0 Å². The maximum absolute atomic E-state index is 12.6. The largest absolute Gasteiger partial charge is 0.366 e. The van der Waals surface area contributed by atoms with Crippen molar-refractivity contribution in [1.82, 2.24) is 4.90 Å². The molecule has 1 aliphatic rings. The smallest absolute Gasteiger partial charge is 0.248 e. The van der Waals surface area contributed by atoms with Gasteiger partial charge in [-0.1, -0.05) is 44.2 Å². The zero-order valence-corrected chi connectivity index (χ0v) is 14.8. The molecule has 0 saturated carbocycles.